The second-order valence-electron chi connectivity index (χ2n) is 5.10. The minimum Gasteiger partial charge on any atom is -0.478 e. The van der Waals surface area contributed by atoms with Crippen LogP contribution in [0, 0.1) is 6.92 Å². The Bertz CT molecular complexity index is 866. The second kappa shape index (κ2) is 6.78. The topological polar surface area (TPSA) is 84.3 Å². The molecule has 0 amide bonds. The van der Waals surface area contributed by atoms with Gasteiger partial charge in [-0.15, -0.1) is 0 Å². The third-order valence-electron chi connectivity index (χ3n) is 3.16. The van der Waals surface area contributed by atoms with Crippen LogP contribution in [0.2, 0.25) is 0 Å². The normalized spacial score (nSPS) is 10.2. The van der Waals surface area contributed by atoms with E-state index in [2.05, 4.69) is 15.3 Å². The first-order chi connectivity index (χ1) is 11.6. The SMILES string of the molecule is Cc1cc(Oc2cccc(C(=O)O)c2)nc(Nc2ccccc2)n1. The number of hydrogen-bond donors (Lipinski definition) is 2. The Balaban J connectivity index is 1.83. The number of aryl methyl sites for hydroxylation is 1. The lowest BCUT2D eigenvalue weighted by molar-refractivity contribution is 0.0696. The predicted octanol–water partition coefficient (Wildman–Crippen LogP) is 4.02. The maximum Gasteiger partial charge on any atom is 0.335 e. The van der Waals surface area contributed by atoms with E-state index in [1.807, 2.05) is 37.3 Å². The molecule has 0 spiro atoms. The molecule has 0 atom stereocenters. The largest absolute Gasteiger partial charge is 0.478 e. The van der Waals surface area contributed by atoms with Crippen LogP contribution in [0.4, 0.5) is 11.6 Å². The zero-order valence-electron chi connectivity index (χ0n) is 12.9. The molecule has 0 aliphatic rings. The van der Waals surface area contributed by atoms with E-state index in [1.54, 1.807) is 18.2 Å². The Morgan fingerprint density at radius 2 is 1.83 bits per heavy atom. The molecule has 0 radical (unpaired) electrons. The Labute approximate surface area is 138 Å². The first-order valence-electron chi connectivity index (χ1n) is 7.29. The third-order valence-corrected chi connectivity index (χ3v) is 3.16. The van der Waals surface area contributed by atoms with Crippen LogP contribution < -0.4 is 10.1 Å². The van der Waals surface area contributed by atoms with Crippen molar-refractivity contribution in [2.75, 3.05) is 5.32 Å². The number of benzene rings is 2. The number of anilines is 2. The molecule has 3 rings (SSSR count). The summed E-state index contributed by atoms with van der Waals surface area (Å²) in [6, 6.07) is 17.5. The van der Waals surface area contributed by atoms with Crippen LogP contribution in [0.1, 0.15) is 16.1 Å². The van der Waals surface area contributed by atoms with Gasteiger partial charge < -0.3 is 15.2 Å². The quantitative estimate of drug-likeness (QED) is 0.738. The van der Waals surface area contributed by atoms with Gasteiger partial charge in [-0.1, -0.05) is 24.3 Å². The molecule has 0 aliphatic heterocycles. The summed E-state index contributed by atoms with van der Waals surface area (Å²) in [7, 11) is 0. The van der Waals surface area contributed by atoms with Crippen molar-refractivity contribution in [3.8, 4) is 11.6 Å². The smallest absolute Gasteiger partial charge is 0.335 e. The molecule has 1 heterocycles. The minimum absolute atomic E-state index is 0.154. The summed E-state index contributed by atoms with van der Waals surface area (Å²) in [5.41, 5.74) is 1.75. The number of carboxylic acid groups (broad SMARTS) is 1. The van der Waals surface area contributed by atoms with Crippen LogP contribution >= 0.6 is 0 Å². The Morgan fingerprint density at radius 3 is 2.58 bits per heavy atom. The number of aromatic nitrogens is 2. The average Bonchev–Trinajstić information content (AvgIpc) is 2.55. The molecule has 0 saturated carbocycles. The van der Waals surface area contributed by atoms with Crippen molar-refractivity contribution in [1.82, 2.24) is 9.97 Å². The van der Waals surface area contributed by atoms with Gasteiger partial charge in [-0.25, -0.2) is 9.78 Å². The van der Waals surface area contributed by atoms with E-state index in [1.165, 1.54) is 12.1 Å². The molecule has 0 unspecified atom stereocenters. The molecule has 0 bridgehead atoms. The number of carboxylic acids is 1. The molecule has 0 aliphatic carbocycles. The van der Waals surface area contributed by atoms with Crippen molar-refractivity contribution < 1.29 is 14.6 Å². The van der Waals surface area contributed by atoms with Gasteiger partial charge in [0.05, 0.1) is 5.56 Å². The molecular formula is C18H15N3O3. The van der Waals surface area contributed by atoms with Crippen LogP contribution in [0.15, 0.2) is 60.7 Å². The fourth-order valence-electron chi connectivity index (χ4n) is 2.11. The molecule has 120 valence electrons. The molecule has 3 aromatic rings. The highest BCUT2D eigenvalue weighted by Gasteiger charge is 2.08. The molecule has 2 N–H and O–H groups in total. The fraction of sp³-hybridized carbons (Fsp3) is 0.0556. The lowest BCUT2D eigenvalue weighted by Gasteiger charge is -2.09. The summed E-state index contributed by atoms with van der Waals surface area (Å²) >= 11 is 0. The van der Waals surface area contributed by atoms with Crippen molar-refractivity contribution in [2.24, 2.45) is 0 Å². The summed E-state index contributed by atoms with van der Waals surface area (Å²) < 4.78 is 5.67. The van der Waals surface area contributed by atoms with Crippen LogP contribution in [0.5, 0.6) is 11.6 Å². The van der Waals surface area contributed by atoms with Crippen LogP contribution in [-0.4, -0.2) is 21.0 Å². The van der Waals surface area contributed by atoms with Crippen molar-refractivity contribution in [3.05, 3.63) is 71.9 Å². The number of rotatable bonds is 5. The zero-order valence-corrected chi connectivity index (χ0v) is 12.9. The standard InChI is InChI=1S/C18H15N3O3/c1-12-10-16(24-15-9-5-6-13(11-15)17(22)23)21-18(19-12)20-14-7-3-2-4-8-14/h2-11H,1H3,(H,22,23)(H,19,20,21). The Hall–Kier alpha value is -3.41. The maximum atomic E-state index is 11.0. The fourth-order valence-corrected chi connectivity index (χ4v) is 2.11. The van der Waals surface area contributed by atoms with Gasteiger partial charge in [0.15, 0.2) is 0 Å². The summed E-state index contributed by atoms with van der Waals surface area (Å²) in [6.07, 6.45) is 0. The summed E-state index contributed by atoms with van der Waals surface area (Å²) in [4.78, 5) is 19.7. The van der Waals surface area contributed by atoms with Crippen molar-refractivity contribution in [1.29, 1.82) is 0 Å². The number of carbonyl (C=O) groups is 1. The first-order valence-corrected chi connectivity index (χ1v) is 7.29. The van der Waals surface area contributed by atoms with E-state index in [0.717, 1.165) is 11.4 Å². The molecule has 2 aromatic carbocycles. The monoisotopic (exact) mass is 321 g/mol. The summed E-state index contributed by atoms with van der Waals surface area (Å²) in [5.74, 6) is 0.137. The highest BCUT2D eigenvalue weighted by molar-refractivity contribution is 5.88. The number of nitrogens with zero attached hydrogens (tertiary/aromatic N) is 2. The zero-order chi connectivity index (χ0) is 16.9. The van der Waals surface area contributed by atoms with Crippen molar-refractivity contribution >= 4 is 17.6 Å². The average molecular weight is 321 g/mol. The van der Waals surface area contributed by atoms with Crippen molar-refractivity contribution in [3.63, 3.8) is 0 Å². The highest BCUT2D eigenvalue weighted by atomic mass is 16.5. The number of para-hydroxylation sites is 1. The molecular weight excluding hydrogens is 306 g/mol. The van der Waals surface area contributed by atoms with E-state index in [-0.39, 0.29) is 5.56 Å². The lowest BCUT2D eigenvalue weighted by atomic mass is 10.2. The highest BCUT2D eigenvalue weighted by Crippen LogP contribution is 2.23. The van der Waals surface area contributed by atoms with E-state index >= 15 is 0 Å². The Kier molecular flexibility index (Phi) is 4.38. The maximum absolute atomic E-state index is 11.0. The van der Waals surface area contributed by atoms with Crippen LogP contribution in [-0.2, 0) is 0 Å². The number of nitrogens with one attached hydrogen (secondary N) is 1. The van der Waals surface area contributed by atoms with Crippen molar-refractivity contribution in [2.45, 2.75) is 6.92 Å². The Morgan fingerprint density at radius 1 is 1.04 bits per heavy atom. The van der Waals surface area contributed by atoms with Gasteiger partial charge in [0.2, 0.25) is 11.8 Å². The van der Waals surface area contributed by atoms with Gasteiger partial charge in [0.1, 0.15) is 5.75 Å². The number of hydrogen-bond acceptors (Lipinski definition) is 5. The van der Waals surface area contributed by atoms with Gasteiger partial charge in [-0.05, 0) is 37.3 Å². The second-order valence-corrected chi connectivity index (χ2v) is 5.10. The summed E-state index contributed by atoms with van der Waals surface area (Å²) in [5, 5.41) is 12.1. The van der Waals surface area contributed by atoms with Gasteiger partial charge >= 0.3 is 5.97 Å². The number of aromatic carboxylic acids is 1. The van der Waals surface area contributed by atoms with Gasteiger partial charge in [0.25, 0.3) is 0 Å². The van der Waals surface area contributed by atoms with Crippen LogP contribution in [0.3, 0.4) is 0 Å². The van der Waals surface area contributed by atoms with E-state index in [0.29, 0.717) is 17.6 Å². The molecule has 1 aromatic heterocycles. The molecule has 6 nitrogen and oxygen atoms in total. The van der Waals surface area contributed by atoms with Gasteiger partial charge in [-0.3, -0.25) is 0 Å². The molecule has 0 saturated heterocycles. The van der Waals surface area contributed by atoms with Gasteiger partial charge in [-0.2, -0.15) is 4.98 Å². The first kappa shape index (κ1) is 15.5. The predicted molar refractivity (Wildman–Crippen MR) is 90.0 cm³/mol. The molecule has 6 heteroatoms. The summed E-state index contributed by atoms with van der Waals surface area (Å²) in [6.45, 7) is 1.83. The van der Waals surface area contributed by atoms with Crippen LogP contribution in [0.25, 0.3) is 0 Å². The van der Waals surface area contributed by atoms with E-state index in [9.17, 15) is 4.79 Å². The van der Waals surface area contributed by atoms with E-state index in [4.69, 9.17) is 9.84 Å². The number of ether oxygens (including phenoxy) is 1. The minimum atomic E-state index is -1.01. The lowest BCUT2D eigenvalue weighted by Crippen LogP contribution is -2.01. The van der Waals surface area contributed by atoms with Gasteiger partial charge in [0, 0.05) is 17.4 Å². The molecule has 0 fully saturated rings. The third kappa shape index (κ3) is 3.86. The molecule has 24 heavy (non-hydrogen) atoms. The van der Waals surface area contributed by atoms with E-state index < -0.39 is 5.97 Å².